The Morgan fingerprint density at radius 2 is 2.41 bits per heavy atom. The third-order valence-corrected chi connectivity index (χ3v) is 3.88. The van der Waals surface area contributed by atoms with Gasteiger partial charge in [0.15, 0.2) is 0 Å². The molecule has 2 heterocycles. The Morgan fingerprint density at radius 3 is 3.24 bits per heavy atom. The van der Waals surface area contributed by atoms with Gasteiger partial charge in [-0.15, -0.1) is 0 Å². The minimum absolute atomic E-state index is 0.134. The first-order valence-corrected chi connectivity index (χ1v) is 7.30. The quantitative estimate of drug-likeness (QED) is 0.860. The van der Waals surface area contributed by atoms with Crippen LogP contribution in [-0.2, 0) is 11.2 Å². The molecule has 0 aliphatic carbocycles. The van der Waals surface area contributed by atoms with Crippen molar-refractivity contribution >= 4 is 17.2 Å². The lowest BCUT2D eigenvalue weighted by molar-refractivity contribution is -0.120. The van der Waals surface area contributed by atoms with E-state index in [1.165, 1.54) is 25.7 Å². The molecule has 0 radical (unpaired) electrons. The highest BCUT2D eigenvalue weighted by molar-refractivity contribution is 7.07. The zero-order valence-corrected chi connectivity index (χ0v) is 10.9. The average Bonchev–Trinajstić information content (AvgIpc) is 2.68. The molecule has 17 heavy (non-hydrogen) atoms. The van der Waals surface area contributed by atoms with Gasteiger partial charge in [0.1, 0.15) is 0 Å². The normalized spacial score (nSPS) is 20.8. The summed E-state index contributed by atoms with van der Waals surface area (Å²) in [5, 5.41) is 10.5. The summed E-state index contributed by atoms with van der Waals surface area (Å²) in [7, 11) is 0. The van der Waals surface area contributed by atoms with Gasteiger partial charge in [-0.2, -0.15) is 11.3 Å². The van der Waals surface area contributed by atoms with E-state index < -0.39 is 0 Å². The van der Waals surface area contributed by atoms with E-state index in [-0.39, 0.29) is 5.91 Å². The summed E-state index contributed by atoms with van der Waals surface area (Å²) in [5.41, 5.74) is 1.11. The highest BCUT2D eigenvalue weighted by Gasteiger charge is 2.12. The summed E-state index contributed by atoms with van der Waals surface area (Å²) in [4.78, 5) is 11.7. The molecule has 0 spiro atoms. The molecular weight excluding hydrogens is 232 g/mol. The molecule has 1 atom stereocenters. The van der Waals surface area contributed by atoms with Crippen molar-refractivity contribution in [2.24, 2.45) is 0 Å². The number of thiophene rings is 1. The van der Waals surface area contributed by atoms with Gasteiger partial charge in [0, 0.05) is 12.6 Å². The van der Waals surface area contributed by atoms with E-state index in [0.717, 1.165) is 18.7 Å². The number of rotatable bonds is 4. The van der Waals surface area contributed by atoms with Gasteiger partial charge in [0.2, 0.25) is 5.91 Å². The molecule has 1 aromatic heterocycles. The van der Waals surface area contributed by atoms with E-state index in [1.54, 1.807) is 11.3 Å². The predicted octanol–water partition coefficient (Wildman–Crippen LogP) is 1.94. The second kappa shape index (κ2) is 6.77. The second-order valence-electron chi connectivity index (χ2n) is 4.61. The number of hydrogen-bond donors (Lipinski definition) is 2. The van der Waals surface area contributed by atoms with Crippen LogP contribution in [0.3, 0.4) is 0 Å². The van der Waals surface area contributed by atoms with Crippen molar-refractivity contribution in [1.29, 1.82) is 0 Å². The van der Waals surface area contributed by atoms with E-state index in [2.05, 4.69) is 10.6 Å². The molecule has 2 rings (SSSR count). The maximum absolute atomic E-state index is 11.7. The van der Waals surface area contributed by atoms with Crippen LogP contribution in [0.2, 0.25) is 0 Å². The molecule has 0 bridgehead atoms. The first-order chi connectivity index (χ1) is 8.34. The van der Waals surface area contributed by atoms with Crippen LogP contribution < -0.4 is 10.6 Å². The lowest BCUT2D eigenvalue weighted by Crippen LogP contribution is -2.40. The van der Waals surface area contributed by atoms with Gasteiger partial charge in [-0.1, -0.05) is 12.8 Å². The molecule has 3 nitrogen and oxygen atoms in total. The lowest BCUT2D eigenvalue weighted by Gasteiger charge is -2.16. The van der Waals surface area contributed by atoms with Crippen LogP contribution in [-0.4, -0.2) is 25.0 Å². The maximum atomic E-state index is 11.7. The van der Waals surface area contributed by atoms with Crippen LogP contribution in [0.1, 0.15) is 31.2 Å². The van der Waals surface area contributed by atoms with Gasteiger partial charge in [-0.3, -0.25) is 4.79 Å². The number of carbonyl (C=O) groups excluding carboxylic acids is 1. The van der Waals surface area contributed by atoms with Crippen molar-refractivity contribution in [3.8, 4) is 0 Å². The van der Waals surface area contributed by atoms with Gasteiger partial charge in [0.25, 0.3) is 0 Å². The Hall–Kier alpha value is -0.870. The minimum Gasteiger partial charge on any atom is -0.354 e. The standard InChI is InChI=1S/C13H20N2OS/c16-13(8-11-5-7-17-10-11)15-9-12-4-2-1-3-6-14-12/h5,7,10,12,14H,1-4,6,8-9H2,(H,15,16)/t12-/m0/s1. The topological polar surface area (TPSA) is 41.1 Å². The third kappa shape index (κ3) is 4.48. The maximum Gasteiger partial charge on any atom is 0.224 e. The highest BCUT2D eigenvalue weighted by Crippen LogP contribution is 2.08. The van der Waals surface area contributed by atoms with Crippen molar-refractivity contribution < 1.29 is 4.79 Å². The van der Waals surface area contributed by atoms with E-state index in [0.29, 0.717) is 12.5 Å². The van der Waals surface area contributed by atoms with Crippen LogP contribution in [0, 0.1) is 0 Å². The average molecular weight is 252 g/mol. The predicted molar refractivity (Wildman–Crippen MR) is 71.3 cm³/mol. The summed E-state index contributed by atoms with van der Waals surface area (Å²) >= 11 is 1.64. The van der Waals surface area contributed by atoms with Crippen LogP contribution in [0.15, 0.2) is 16.8 Å². The Labute approximate surface area is 107 Å². The fourth-order valence-corrected chi connectivity index (χ4v) is 2.82. The van der Waals surface area contributed by atoms with Crippen molar-refractivity contribution in [3.63, 3.8) is 0 Å². The van der Waals surface area contributed by atoms with Gasteiger partial charge in [-0.05, 0) is 41.8 Å². The molecule has 0 saturated carbocycles. The van der Waals surface area contributed by atoms with E-state index in [4.69, 9.17) is 0 Å². The van der Waals surface area contributed by atoms with Crippen molar-refractivity contribution in [3.05, 3.63) is 22.4 Å². The Bertz CT molecular complexity index is 329. The smallest absolute Gasteiger partial charge is 0.224 e. The fourth-order valence-electron chi connectivity index (χ4n) is 2.15. The SMILES string of the molecule is O=C(Cc1ccsc1)NC[C@@H]1CCCCCN1. The van der Waals surface area contributed by atoms with Crippen LogP contribution in [0.5, 0.6) is 0 Å². The van der Waals surface area contributed by atoms with E-state index in [1.807, 2.05) is 16.8 Å². The molecule has 1 aliphatic heterocycles. The number of carbonyl (C=O) groups is 1. The van der Waals surface area contributed by atoms with Gasteiger partial charge in [0.05, 0.1) is 6.42 Å². The molecule has 1 amide bonds. The van der Waals surface area contributed by atoms with Gasteiger partial charge < -0.3 is 10.6 Å². The van der Waals surface area contributed by atoms with Crippen molar-refractivity contribution in [2.75, 3.05) is 13.1 Å². The fraction of sp³-hybridized carbons (Fsp3) is 0.615. The number of hydrogen-bond acceptors (Lipinski definition) is 3. The van der Waals surface area contributed by atoms with E-state index in [9.17, 15) is 4.79 Å². The zero-order valence-electron chi connectivity index (χ0n) is 10.1. The molecule has 1 aromatic rings. The summed E-state index contributed by atoms with van der Waals surface area (Å²) < 4.78 is 0. The molecule has 94 valence electrons. The third-order valence-electron chi connectivity index (χ3n) is 3.15. The zero-order chi connectivity index (χ0) is 11.9. The highest BCUT2D eigenvalue weighted by atomic mass is 32.1. The number of nitrogens with one attached hydrogen (secondary N) is 2. The Kier molecular flexibility index (Phi) is 5.01. The van der Waals surface area contributed by atoms with Crippen molar-refractivity contribution in [2.45, 2.75) is 38.1 Å². The molecule has 1 aliphatic rings. The van der Waals surface area contributed by atoms with E-state index >= 15 is 0 Å². The van der Waals surface area contributed by atoms with Crippen LogP contribution >= 0.6 is 11.3 Å². The summed E-state index contributed by atoms with van der Waals surface area (Å²) in [5.74, 6) is 0.134. The van der Waals surface area contributed by atoms with Gasteiger partial charge >= 0.3 is 0 Å². The molecule has 1 fully saturated rings. The second-order valence-corrected chi connectivity index (χ2v) is 5.39. The summed E-state index contributed by atoms with van der Waals surface area (Å²) in [6.45, 7) is 1.86. The lowest BCUT2D eigenvalue weighted by atomic mass is 10.1. The molecule has 0 unspecified atom stereocenters. The summed E-state index contributed by atoms with van der Waals surface area (Å²) in [6, 6.07) is 2.47. The van der Waals surface area contributed by atoms with Crippen molar-refractivity contribution in [1.82, 2.24) is 10.6 Å². The van der Waals surface area contributed by atoms with Crippen LogP contribution in [0.25, 0.3) is 0 Å². The first-order valence-electron chi connectivity index (χ1n) is 6.36. The first kappa shape index (κ1) is 12.6. The molecule has 0 aromatic carbocycles. The number of amides is 1. The Morgan fingerprint density at radius 1 is 1.47 bits per heavy atom. The van der Waals surface area contributed by atoms with Gasteiger partial charge in [-0.25, -0.2) is 0 Å². The summed E-state index contributed by atoms with van der Waals surface area (Å²) in [6.07, 6.45) is 5.54. The van der Waals surface area contributed by atoms with Crippen LogP contribution in [0.4, 0.5) is 0 Å². The minimum atomic E-state index is 0.134. The monoisotopic (exact) mass is 252 g/mol. The Balaban J connectivity index is 1.68. The molecule has 4 heteroatoms. The molecular formula is C13H20N2OS. The molecule has 2 N–H and O–H groups in total. The largest absolute Gasteiger partial charge is 0.354 e. The molecule has 1 saturated heterocycles.